The van der Waals surface area contributed by atoms with Crippen molar-refractivity contribution >= 4 is 29.5 Å². The van der Waals surface area contributed by atoms with Gasteiger partial charge in [0.05, 0.1) is 5.02 Å². The van der Waals surface area contributed by atoms with Gasteiger partial charge in [0.2, 0.25) is 12.7 Å². The number of esters is 1. The molecule has 23 heavy (non-hydrogen) atoms. The molecule has 0 aliphatic carbocycles. The third-order valence-electron chi connectivity index (χ3n) is 3.43. The molecule has 2 aliphatic rings. The Morgan fingerprint density at radius 1 is 1.09 bits per heavy atom. The molecule has 2 heterocycles. The minimum Gasteiger partial charge on any atom is -0.454 e. The van der Waals surface area contributed by atoms with E-state index in [2.05, 4.69) is 4.99 Å². The van der Waals surface area contributed by atoms with E-state index in [1.807, 2.05) is 30.3 Å². The number of cyclic esters (lactones) is 1. The zero-order valence-electron chi connectivity index (χ0n) is 11.8. The van der Waals surface area contributed by atoms with Crippen LogP contribution >= 0.6 is 11.6 Å². The second-order valence-electron chi connectivity index (χ2n) is 4.93. The Bertz CT molecular complexity index is 858. The lowest BCUT2D eigenvalue weighted by Gasteiger charge is -2.01. The van der Waals surface area contributed by atoms with Crippen molar-refractivity contribution in [3.8, 4) is 11.5 Å². The molecule has 0 atom stereocenters. The Balaban J connectivity index is 1.71. The third-order valence-corrected chi connectivity index (χ3v) is 3.75. The number of nitrogens with zero attached hydrogens (tertiary/aromatic N) is 1. The fourth-order valence-corrected chi connectivity index (χ4v) is 2.51. The van der Waals surface area contributed by atoms with Gasteiger partial charge in [0.25, 0.3) is 0 Å². The summed E-state index contributed by atoms with van der Waals surface area (Å²) in [7, 11) is 0. The number of benzene rings is 2. The highest BCUT2D eigenvalue weighted by Crippen LogP contribution is 2.37. The average Bonchev–Trinajstić information content (AvgIpc) is 3.15. The maximum Gasteiger partial charge on any atom is 0.363 e. The van der Waals surface area contributed by atoms with Crippen LogP contribution in [0.2, 0.25) is 5.02 Å². The van der Waals surface area contributed by atoms with Gasteiger partial charge in [0, 0.05) is 11.6 Å². The molecule has 6 heteroatoms. The Labute approximate surface area is 136 Å². The molecule has 5 nitrogen and oxygen atoms in total. The van der Waals surface area contributed by atoms with Gasteiger partial charge < -0.3 is 14.2 Å². The third kappa shape index (κ3) is 2.55. The summed E-state index contributed by atoms with van der Waals surface area (Å²) in [5, 5.41) is 0.443. The van der Waals surface area contributed by atoms with Gasteiger partial charge >= 0.3 is 5.97 Å². The zero-order chi connectivity index (χ0) is 15.8. The van der Waals surface area contributed by atoms with E-state index in [1.54, 1.807) is 18.2 Å². The summed E-state index contributed by atoms with van der Waals surface area (Å²) in [6.07, 6.45) is 1.57. The number of fused-ring (bicyclic) bond motifs is 1. The zero-order valence-corrected chi connectivity index (χ0v) is 12.5. The van der Waals surface area contributed by atoms with Crippen LogP contribution in [0.3, 0.4) is 0 Å². The van der Waals surface area contributed by atoms with E-state index in [0.29, 0.717) is 22.1 Å². The SMILES string of the molecule is O=C1OC(c2ccccc2)=N/C1=C\c1cc2c(cc1Cl)OCO2. The highest BCUT2D eigenvalue weighted by molar-refractivity contribution is 6.32. The molecule has 0 bridgehead atoms. The Morgan fingerprint density at radius 2 is 1.83 bits per heavy atom. The molecule has 0 amide bonds. The Hall–Kier alpha value is -2.79. The second-order valence-corrected chi connectivity index (χ2v) is 5.34. The van der Waals surface area contributed by atoms with Gasteiger partial charge in [-0.25, -0.2) is 9.79 Å². The van der Waals surface area contributed by atoms with E-state index >= 15 is 0 Å². The standard InChI is InChI=1S/C17H10ClNO4/c18-12-8-15-14(21-9-22-15)7-11(12)6-13-17(20)23-16(19-13)10-4-2-1-3-5-10/h1-8H,9H2/b13-6-. The first-order chi connectivity index (χ1) is 11.2. The summed E-state index contributed by atoms with van der Waals surface area (Å²) in [4.78, 5) is 16.2. The van der Waals surface area contributed by atoms with Gasteiger partial charge in [0.1, 0.15) is 0 Å². The van der Waals surface area contributed by atoms with Crippen molar-refractivity contribution < 1.29 is 19.0 Å². The molecule has 2 aromatic carbocycles. The quantitative estimate of drug-likeness (QED) is 0.626. The summed E-state index contributed by atoms with van der Waals surface area (Å²) in [5.41, 5.74) is 1.53. The van der Waals surface area contributed by atoms with E-state index < -0.39 is 5.97 Å². The summed E-state index contributed by atoms with van der Waals surface area (Å²) < 4.78 is 15.8. The molecule has 2 aromatic rings. The van der Waals surface area contributed by atoms with Crippen molar-refractivity contribution in [1.29, 1.82) is 0 Å². The highest BCUT2D eigenvalue weighted by atomic mass is 35.5. The van der Waals surface area contributed by atoms with Crippen LogP contribution in [0.25, 0.3) is 6.08 Å². The molecule has 4 rings (SSSR count). The van der Waals surface area contributed by atoms with E-state index in [4.69, 9.17) is 25.8 Å². The molecule has 0 aromatic heterocycles. The van der Waals surface area contributed by atoms with Crippen molar-refractivity contribution in [2.45, 2.75) is 0 Å². The van der Waals surface area contributed by atoms with Crippen LogP contribution in [0, 0.1) is 0 Å². The van der Waals surface area contributed by atoms with Gasteiger partial charge in [-0.2, -0.15) is 0 Å². The lowest BCUT2D eigenvalue weighted by atomic mass is 10.1. The van der Waals surface area contributed by atoms with Crippen molar-refractivity contribution in [2.75, 3.05) is 6.79 Å². The van der Waals surface area contributed by atoms with E-state index in [0.717, 1.165) is 5.56 Å². The number of halogens is 1. The molecular formula is C17H10ClNO4. The van der Waals surface area contributed by atoms with Crippen molar-refractivity contribution in [3.63, 3.8) is 0 Å². The Morgan fingerprint density at radius 3 is 2.61 bits per heavy atom. The van der Waals surface area contributed by atoms with Gasteiger partial charge in [-0.05, 0) is 29.8 Å². The minimum absolute atomic E-state index is 0.157. The van der Waals surface area contributed by atoms with Crippen molar-refractivity contribution in [2.24, 2.45) is 4.99 Å². The molecule has 0 radical (unpaired) electrons. The Kier molecular flexibility index (Phi) is 3.28. The molecule has 2 aliphatic heterocycles. The highest BCUT2D eigenvalue weighted by Gasteiger charge is 2.25. The van der Waals surface area contributed by atoms with Crippen molar-refractivity contribution in [1.82, 2.24) is 0 Å². The van der Waals surface area contributed by atoms with E-state index in [9.17, 15) is 4.79 Å². The first kappa shape index (κ1) is 13.8. The molecule has 0 saturated heterocycles. The molecule has 0 spiro atoms. The monoisotopic (exact) mass is 327 g/mol. The summed E-state index contributed by atoms with van der Waals surface area (Å²) in [5.74, 6) is 0.927. The topological polar surface area (TPSA) is 57.1 Å². The number of rotatable bonds is 2. The fourth-order valence-electron chi connectivity index (χ4n) is 2.30. The van der Waals surface area contributed by atoms with Gasteiger partial charge in [-0.1, -0.05) is 29.8 Å². The van der Waals surface area contributed by atoms with Crippen LogP contribution in [0.1, 0.15) is 11.1 Å². The summed E-state index contributed by atoms with van der Waals surface area (Å²) in [6, 6.07) is 12.6. The second kappa shape index (κ2) is 5.44. The van der Waals surface area contributed by atoms with Gasteiger partial charge in [-0.3, -0.25) is 0 Å². The average molecular weight is 328 g/mol. The van der Waals surface area contributed by atoms with Crippen LogP contribution in [0.5, 0.6) is 11.5 Å². The maximum atomic E-state index is 12.0. The number of aliphatic imine (C=N–C) groups is 1. The van der Waals surface area contributed by atoms with E-state index in [-0.39, 0.29) is 18.4 Å². The van der Waals surface area contributed by atoms with E-state index in [1.165, 1.54) is 0 Å². The number of carbonyl (C=O) groups is 1. The molecule has 0 saturated carbocycles. The van der Waals surface area contributed by atoms with Crippen LogP contribution in [0.15, 0.2) is 53.2 Å². The predicted octanol–water partition coefficient (Wildman–Crippen LogP) is 3.41. The number of carbonyl (C=O) groups excluding carboxylic acids is 1. The fraction of sp³-hybridized carbons (Fsp3) is 0.0588. The smallest absolute Gasteiger partial charge is 0.363 e. The minimum atomic E-state index is -0.516. The molecule has 0 fully saturated rings. The van der Waals surface area contributed by atoms with Gasteiger partial charge in [-0.15, -0.1) is 0 Å². The first-order valence-corrected chi connectivity index (χ1v) is 7.25. The lowest BCUT2D eigenvalue weighted by Crippen LogP contribution is -2.04. The molecule has 0 unspecified atom stereocenters. The molecule has 0 N–H and O–H groups in total. The number of hydrogen-bond donors (Lipinski definition) is 0. The normalized spacial score (nSPS) is 17.3. The number of hydrogen-bond acceptors (Lipinski definition) is 5. The van der Waals surface area contributed by atoms with Crippen LogP contribution < -0.4 is 9.47 Å². The van der Waals surface area contributed by atoms with Crippen LogP contribution in [-0.2, 0) is 9.53 Å². The van der Waals surface area contributed by atoms with Crippen LogP contribution in [-0.4, -0.2) is 18.7 Å². The van der Waals surface area contributed by atoms with Crippen LogP contribution in [0.4, 0.5) is 0 Å². The molecular weight excluding hydrogens is 318 g/mol. The summed E-state index contributed by atoms with van der Waals surface area (Å²) >= 11 is 6.21. The van der Waals surface area contributed by atoms with Gasteiger partial charge in [0.15, 0.2) is 17.2 Å². The number of ether oxygens (including phenoxy) is 3. The summed E-state index contributed by atoms with van der Waals surface area (Å²) in [6.45, 7) is 0.157. The molecule has 114 valence electrons. The predicted molar refractivity (Wildman–Crippen MR) is 84.6 cm³/mol. The largest absolute Gasteiger partial charge is 0.454 e. The maximum absolute atomic E-state index is 12.0. The lowest BCUT2D eigenvalue weighted by molar-refractivity contribution is -0.129. The first-order valence-electron chi connectivity index (χ1n) is 6.88. The van der Waals surface area contributed by atoms with Crippen molar-refractivity contribution in [3.05, 3.63) is 64.3 Å².